The zero-order valence-electron chi connectivity index (χ0n) is 15.0. The summed E-state index contributed by atoms with van der Waals surface area (Å²) in [5.74, 6) is 1.97. The highest BCUT2D eigenvalue weighted by molar-refractivity contribution is 7.89. The van der Waals surface area contributed by atoms with E-state index in [0.717, 1.165) is 11.0 Å². The van der Waals surface area contributed by atoms with E-state index in [-0.39, 0.29) is 10.9 Å². The SMILES string of the molecule is NC1=NC(c2ccc(-c3ccc(S(N)(=O)=O)cc3)o2)n2c(nc3ccccc32)N1. The summed E-state index contributed by atoms with van der Waals surface area (Å²) in [6.45, 7) is 0. The Bertz CT molecular complexity index is 1370. The Kier molecular flexibility index (Phi) is 3.73. The summed E-state index contributed by atoms with van der Waals surface area (Å²) in [7, 11) is -3.75. The summed E-state index contributed by atoms with van der Waals surface area (Å²) < 4.78 is 30.8. The molecular formula is C19H16N6O3S. The van der Waals surface area contributed by atoms with Crippen molar-refractivity contribution in [3.05, 3.63) is 66.4 Å². The first-order valence-electron chi connectivity index (χ1n) is 8.70. The maximum absolute atomic E-state index is 11.4. The number of rotatable bonds is 3. The smallest absolute Gasteiger partial charge is 0.238 e. The zero-order chi connectivity index (χ0) is 20.2. The minimum absolute atomic E-state index is 0.0401. The highest BCUT2D eigenvalue weighted by Gasteiger charge is 2.27. The summed E-state index contributed by atoms with van der Waals surface area (Å²) in [4.78, 5) is 9.08. The highest BCUT2D eigenvalue weighted by atomic mass is 32.2. The van der Waals surface area contributed by atoms with Crippen molar-refractivity contribution in [1.82, 2.24) is 9.55 Å². The van der Waals surface area contributed by atoms with Crippen LogP contribution < -0.4 is 16.2 Å². The largest absolute Gasteiger partial charge is 0.457 e. The van der Waals surface area contributed by atoms with E-state index in [2.05, 4.69) is 15.3 Å². The maximum Gasteiger partial charge on any atom is 0.238 e. The first-order chi connectivity index (χ1) is 13.9. The van der Waals surface area contributed by atoms with Crippen LogP contribution in [0.25, 0.3) is 22.4 Å². The first-order valence-corrected chi connectivity index (χ1v) is 10.2. The van der Waals surface area contributed by atoms with E-state index in [0.29, 0.717) is 23.0 Å². The molecule has 1 aliphatic heterocycles. The van der Waals surface area contributed by atoms with Crippen LogP contribution in [0, 0.1) is 0 Å². The lowest BCUT2D eigenvalue weighted by atomic mass is 10.2. The molecule has 5 N–H and O–H groups in total. The van der Waals surface area contributed by atoms with E-state index < -0.39 is 16.2 Å². The van der Waals surface area contributed by atoms with Gasteiger partial charge in [0.05, 0.1) is 15.9 Å². The molecule has 4 aromatic rings. The average Bonchev–Trinajstić information content (AvgIpc) is 3.31. The minimum Gasteiger partial charge on any atom is -0.457 e. The number of nitrogens with zero attached hydrogens (tertiary/aromatic N) is 3. The predicted molar refractivity (Wildman–Crippen MR) is 109 cm³/mol. The number of aliphatic imine (C=N–C) groups is 1. The van der Waals surface area contributed by atoms with Crippen LogP contribution in [0.15, 0.2) is 75.0 Å². The van der Waals surface area contributed by atoms with Gasteiger partial charge in [-0.05, 0) is 48.5 Å². The number of fused-ring (bicyclic) bond motifs is 3. The van der Waals surface area contributed by atoms with Crippen molar-refractivity contribution >= 4 is 33.0 Å². The van der Waals surface area contributed by atoms with E-state index in [4.69, 9.17) is 15.3 Å². The van der Waals surface area contributed by atoms with Gasteiger partial charge in [-0.15, -0.1) is 0 Å². The Morgan fingerprint density at radius 2 is 1.79 bits per heavy atom. The molecule has 2 aromatic carbocycles. The standard InChI is InChI=1S/C19H16N6O3S/c20-18-23-17(25-14-4-2-1-3-13(14)22-19(25)24-18)16-10-9-15(28-16)11-5-7-12(8-6-11)29(21,26)27/h1-10,17H,(H2,21,26,27)(H3,20,22,23,24). The Hall–Kier alpha value is -3.63. The lowest BCUT2D eigenvalue weighted by Gasteiger charge is -2.21. The number of aromatic nitrogens is 2. The third kappa shape index (κ3) is 2.94. The van der Waals surface area contributed by atoms with Gasteiger partial charge in [0.15, 0.2) is 12.1 Å². The van der Waals surface area contributed by atoms with Gasteiger partial charge in [-0.1, -0.05) is 12.1 Å². The quantitative estimate of drug-likeness (QED) is 0.475. The summed E-state index contributed by atoms with van der Waals surface area (Å²) in [5, 5.41) is 8.13. The molecule has 1 aliphatic rings. The molecule has 1 unspecified atom stereocenters. The van der Waals surface area contributed by atoms with Crippen molar-refractivity contribution in [2.45, 2.75) is 11.1 Å². The van der Waals surface area contributed by atoms with Gasteiger partial charge in [0.2, 0.25) is 16.0 Å². The van der Waals surface area contributed by atoms with Crippen molar-refractivity contribution < 1.29 is 12.8 Å². The normalized spacial score (nSPS) is 16.3. The van der Waals surface area contributed by atoms with Gasteiger partial charge >= 0.3 is 0 Å². The highest BCUT2D eigenvalue weighted by Crippen LogP contribution is 2.34. The summed E-state index contributed by atoms with van der Waals surface area (Å²) >= 11 is 0. The van der Waals surface area contributed by atoms with Crippen molar-refractivity contribution in [2.24, 2.45) is 15.9 Å². The predicted octanol–water partition coefficient (Wildman–Crippen LogP) is 2.23. The molecule has 0 aliphatic carbocycles. The van der Waals surface area contributed by atoms with Crippen molar-refractivity contribution in [1.29, 1.82) is 0 Å². The lowest BCUT2D eigenvalue weighted by Crippen LogP contribution is -2.31. The second kappa shape index (κ2) is 6.19. The van der Waals surface area contributed by atoms with Crippen LogP contribution in [0.4, 0.5) is 5.95 Å². The third-order valence-corrected chi connectivity index (χ3v) is 5.62. The van der Waals surface area contributed by atoms with Crippen LogP contribution >= 0.6 is 0 Å². The number of nitrogens with two attached hydrogens (primary N) is 2. The number of nitrogens with one attached hydrogen (secondary N) is 1. The molecule has 0 spiro atoms. The molecule has 146 valence electrons. The Morgan fingerprint density at radius 3 is 2.55 bits per heavy atom. The fraction of sp³-hybridized carbons (Fsp3) is 0.0526. The topological polar surface area (TPSA) is 142 Å². The van der Waals surface area contributed by atoms with Crippen LogP contribution in [0.2, 0.25) is 0 Å². The minimum atomic E-state index is -3.75. The molecule has 0 bridgehead atoms. The molecule has 3 heterocycles. The van der Waals surface area contributed by atoms with Crippen LogP contribution in [-0.2, 0) is 10.0 Å². The molecule has 5 rings (SSSR count). The van der Waals surface area contributed by atoms with E-state index in [1.54, 1.807) is 18.2 Å². The third-order valence-electron chi connectivity index (χ3n) is 4.69. The second-order valence-electron chi connectivity index (χ2n) is 6.58. The summed E-state index contributed by atoms with van der Waals surface area (Å²) in [6, 6.07) is 17.5. The fourth-order valence-corrected chi connectivity index (χ4v) is 3.88. The molecule has 10 heteroatoms. The van der Waals surface area contributed by atoms with Gasteiger partial charge in [0.1, 0.15) is 11.5 Å². The molecular weight excluding hydrogens is 392 g/mol. The van der Waals surface area contributed by atoms with Crippen molar-refractivity contribution in [3.8, 4) is 11.3 Å². The molecule has 29 heavy (non-hydrogen) atoms. The lowest BCUT2D eigenvalue weighted by molar-refractivity contribution is 0.449. The fourth-order valence-electron chi connectivity index (χ4n) is 3.36. The van der Waals surface area contributed by atoms with Gasteiger partial charge in [-0.2, -0.15) is 0 Å². The molecule has 2 aromatic heterocycles. The number of sulfonamides is 1. The number of benzene rings is 2. The first kappa shape index (κ1) is 17.5. The molecule has 0 saturated carbocycles. The molecule has 0 saturated heterocycles. The van der Waals surface area contributed by atoms with Crippen LogP contribution in [-0.4, -0.2) is 23.9 Å². The zero-order valence-corrected chi connectivity index (χ0v) is 15.8. The Morgan fingerprint density at radius 1 is 1.03 bits per heavy atom. The van der Waals surface area contributed by atoms with E-state index in [1.165, 1.54) is 12.1 Å². The Labute approximate surface area is 165 Å². The number of imidazole rings is 1. The maximum atomic E-state index is 11.4. The van der Waals surface area contributed by atoms with E-state index >= 15 is 0 Å². The van der Waals surface area contributed by atoms with Gasteiger partial charge < -0.3 is 10.2 Å². The van der Waals surface area contributed by atoms with Crippen molar-refractivity contribution in [2.75, 3.05) is 5.32 Å². The number of guanidine groups is 1. The number of hydrogen-bond acceptors (Lipinski definition) is 7. The molecule has 0 amide bonds. The van der Waals surface area contributed by atoms with Gasteiger partial charge in [-0.25, -0.2) is 23.5 Å². The van der Waals surface area contributed by atoms with Crippen molar-refractivity contribution in [3.63, 3.8) is 0 Å². The summed E-state index contributed by atoms with van der Waals surface area (Å²) in [6.07, 6.45) is -0.518. The van der Waals surface area contributed by atoms with Gasteiger partial charge in [-0.3, -0.25) is 9.88 Å². The molecule has 1 atom stereocenters. The number of para-hydroxylation sites is 2. The number of primary sulfonamides is 1. The number of furan rings is 1. The molecule has 0 fully saturated rings. The average molecular weight is 408 g/mol. The van der Waals surface area contributed by atoms with E-state index in [1.807, 2.05) is 34.9 Å². The summed E-state index contributed by atoms with van der Waals surface area (Å²) in [5.41, 5.74) is 8.37. The van der Waals surface area contributed by atoms with Crippen LogP contribution in [0.3, 0.4) is 0 Å². The Balaban J connectivity index is 1.56. The van der Waals surface area contributed by atoms with Crippen LogP contribution in [0.5, 0.6) is 0 Å². The second-order valence-corrected chi connectivity index (χ2v) is 8.14. The number of anilines is 1. The number of hydrogen-bond donors (Lipinski definition) is 3. The van der Waals surface area contributed by atoms with E-state index in [9.17, 15) is 8.42 Å². The van der Waals surface area contributed by atoms with Gasteiger partial charge in [0, 0.05) is 5.56 Å². The van der Waals surface area contributed by atoms with Gasteiger partial charge in [0.25, 0.3) is 0 Å². The molecule has 9 nitrogen and oxygen atoms in total. The monoisotopic (exact) mass is 408 g/mol. The van der Waals surface area contributed by atoms with Crippen LogP contribution in [0.1, 0.15) is 11.9 Å². The molecule has 0 radical (unpaired) electrons.